The molecule has 3 nitrogen and oxygen atoms in total. The summed E-state index contributed by atoms with van der Waals surface area (Å²) in [5.41, 5.74) is 0.865. The summed E-state index contributed by atoms with van der Waals surface area (Å²) in [6, 6.07) is 1.85. The molecule has 0 aliphatic carbocycles. The minimum Gasteiger partial charge on any atom is -1.00 e. The molecular weight excluding hydrogens is 388 g/mol. The number of nitrogens with one attached hydrogen (secondary N) is 1. The molecule has 0 unspecified atom stereocenters. The van der Waals surface area contributed by atoms with Crippen LogP contribution in [0.3, 0.4) is 0 Å². The molecule has 2 rings (SSSR count). The van der Waals surface area contributed by atoms with Crippen LogP contribution in [0.5, 0.6) is 5.75 Å². The first kappa shape index (κ1) is 14.2. The normalized spacial score (nSPS) is 13.1. The van der Waals surface area contributed by atoms with Crippen LogP contribution >= 0.6 is 23.2 Å². The minimum absolute atomic E-state index is 0. The van der Waals surface area contributed by atoms with Gasteiger partial charge in [0, 0.05) is 0 Å². The third-order valence-electron chi connectivity index (χ3n) is 1.90. The number of rotatable bonds is 1. The smallest absolute Gasteiger partial charge is 1.00 e. The van der Waals surface area contributed by atoms with E-state index < -0.39 is 21.3 Å². The van der Waals surface area contributed by atoms with Crippen LogP contribution in [0.25, 0.3) is 0 Å². The fraction of sp³-hybridized carbons (Fsp3) is 0.222. The van der Waals surface area contributed by atoms with Crippen LogP contribution in [0.2, 0.25) is 10.0 Å². The van der Waals surface area contributed by atoms with Gasteiger partial charge in [-0.25, -0.2) is 0 Å². The van der Waals surface area contributed by atoms with Gasteiger partial charge in [0.05, 0.1) is 0 Å². The van der Waals surface area contributed by atoms with E-state index in [1.807, 2.05) is 13.0 Å². The Morgan fingerprint density at radius 1 is 1.44 bits per heavy atom. The summed E-state index contributed by atoms with van der Waals surface area (Å²) in [6.45, 7) is 1.87. The monoisotopic (exact) mass is 397 g/mol. The number of hydrogen-bond donors (Lipinski definition) is 1. The Morgan fingerprint density at radius 3 is 2.75 bits per heavy atom. The van der Waals surface area contributed by atoms with E-state index in [0.717, 1.165) is 15.2 Å². The Hall–Kier alpha value is 0.150. The van der Waals surface area contributed by atoms with Crippen molar-refractivity contribution >= 4 is 59.7 Å². The molecule has 0 radical (unpaired) electrons. The average molecular weight is 396 g/mol. The predicted molar refractivity (Wildman–Crippen MR) is 60.8 cm³/mol. The van der Waals surface area contributed by atoms with Gasteiger partial charge in [-0.3, -0.25) is 0 Å². The summed E-state index contributed by atoms with van der Waals surface area (Å²) in [4.78, 5) is 3.09. The molecule has 0 bridgehead atoms. The molecule has 0 saturated heterocycles. The second-order valence-corrected chi connectivity index (χ2v) is 5.92. The van der Waals surface area contributed by atoms with Crippen molar-refractivity contribution in [2.75, 3.05) is 7.11 Å². The predicted octanol–water partition coefficient (Wildman–Crippen LogP) is -2.59. The van der Waals surface area contributed by atoms with Gasteiger partial charge < -0.3 is 12.4 Å². The van der Waals surface area contributed by atoms with Gasteiger partial charge in [-0.05, 0) is 0 Å². The summed E-state index contributed by atoms with van der Waals surface area (Å²) < 4.78 is 11.7. The maximum absolute atomic E-state index is 6.18. The minimum atomic E-state index is -0.701. The third-order valence-corrected chi connectivity index (χ3v) is 4.93. The molecule has 16 heavy (non-hydrogen) atoms. The molecule has 88 valence electrons. The van der Waals surface area contributed by atoms with Gasteiger partial charge in [0.1, 0.15) is 0 Å². The summed E-state index contributed by atoms with van der Waals surface area (Å²) in [5.74, 6) is 1.28. The Balaban J connectivity index is 0.00000128. The molecule has 1 aliphatic rings. The standard InChI is InChI=1S/C9H7Cl2NO2Te.ClH/c1-4-12-8-6(15-14-4)3-5(10)9(13-2)7(8)11;/h3H,1-2H3;1H. The SMILES string of the molecule is COc1c(Cl)cc2c(c1Cl)[NH+]=C(C)O[Te]2.[Cl-]. The quantitative estimate of drug-likeness (QED) is 0.529. The summed E-state index contributed by atoms with van der Waals surface area (Å²) in [5, 5.41) is 1.05. The number of ether oxygens (including phenoxy) is 1. The van der Waals surface area contributed by atoms with Crippen molar-refractivity contribution in [2.45, 2.75) is 6.92 Å². The Bertz CT molecular complexity index is 451. The van der Waals surface area contributed by atoms with Crippen LogP contribution < -0.4 is 25.7 Å². The molecule has 1 N–H and O–H groups in total. The summed E-state index contributed by atoms with van der Waals surface area (Å²) in [7, 11) is 1.55. The van der Waals surface area contributed by atoms with Crippen molar-refractivity contribution in [3.8, 4) is 5.75 Å². The zero-order chi connectivity index (χ0) is 11.0. The summed E-state index contributed by atoms with van der Waals surface area (Å²) in [6.07, 6.45) is 0. The number of benzene rings is 1. The van der Waals surface area contributed by atoms with Gasteiger partial charge in [0.15, 0.2) is 0 Å². The van der Waals surface area contributed by atoms with Crippen LogP contribution in [0.4, 0.5) is 5.69 Å². The van der Waals surface area contributed by atoms with Gasteiger partial charge >= 0.3 is 108 Å². The van der Waals surface area contributed by atoms with E-state index in [1.54, 1.807) is 7.11 Å². The number of hydrogen-bond acceptors (Lipinski definition) is 2. The van der Waals surface area contributed by atoms with Gasteiger partial charge in [-0.2, -0.15) is 0 Å². The van der Waals surface area contributed by atoms with Crippen molar-refractivity contribution in [1.29, 1.82) is 0 Å². The molecule has 1 heterocycles. The van der Waals surface area contributed by atoms with Crippen molar-refractivity contribution in [3.05, 3.63) is 16.1 Å². The molecular formula is C9H8Cl3NO2Te. The van der Waals surface area contributed by atoms with Gasteiger partial charge in [-0.1, -0.05) is 0 Å². The zero-order valence-electron chi connectivity index (χ0n) is 8.44. The van der Waals surface area contributed by atoms with Crippen molar-refractivity contribution in [2.24, 2.45) is 0 Å². The first-order valence-corrected chi connectivity index (χ1v) is 7.02. The first-order chi connectivity index (χ1) is 7.13. The second kappa shape index (κ2) is 5.66. The molecule has 1 aromatic rings. The fourth-order valence-electron chi connectivity index (χ4n) is 1.25. The van der Waals surface area contributed by atoms with Crippen LogP contribution in [0.15, 0.2) is 6.07 Å². The average Bonchev–Trinajstić information content (AvgIpc) is 2.20. The van der Waals surface area contributed by atoms with Crippen molar-refractivity contribution in [1.82, 2.24) is 0 Å². The molecule has 1 aromatic carbocycles. The van der Waals surface area contributed by atoms with E-state index in [2.05, 4.69) is 4.99 Å². The van der Waals surface area contributed by atoms with Crippen LogP contribution in [-0.4, -0.2) is 34.3 Å². The van der Waals surface area contributed by atoms with Gasteiger partial charge in [-0.15, -0.1) is 0 Å². The largest absolute Gasteiger partial charge is 1.00 e. The van der Waals surface area contributed by atoms with Crippen LogP contribution in [0, 0.1) is 0 Å². The molecule has 0 fully saturated rings. The van der Waals surface area contributed by atoms with E-state index in [4.69, 9.17) is 31.0 Å². The molecule has 0 aromatic heterocycles. The third kappa shape index (κ3) is 2.52. The summed E-state index contributed by atoms with van der Waals surface area (Å²) >= 11 is 11.5. The maximum atomic E-state index is 6.18. The Kier molecular flexibility index (Phi) is 5.03. The molecule has 0 amide bonds. The Morgan fingerprint density at radius 2 is 2.12 bits per heavy atom. The van der Waals surface area contributed by atoms with Crippen LogP contribution in [0.1, 0.15) is 6.92 Å². The van der Waals surface area contributed by atoms with E-state index in [-0.39, 0.29) is 12.4 Å². The fourth-order valence-corrected chi connectivity index (χ4v) is 4.17. The van der Waals surface area contributed by atoms with Gasteiger partial charge in [0.25, 0.3) is 0 Å². The van der Waals surface area contributed by atoms with Gasteiger partial charge in [0.2, 0.25) is 0 Å². The first-order valence-electron chi connectivity index (χ1n) is 4.14. The van der Waals surface area contributed by atoms with E-state index >= 15 is 0 Å². The number of fused-ring (bicyclic) bond motifs is 1. The molecule has 0 spiro atoms. The van der Waals surface area contributed by atoms with Crippen molar-refractivity contribution < 1.29 is 25.2 Å². The number of halogens is 3. The molecule has 0 atom stereocenters. The molecule has 7 heteroatoms. The van der Waals surface area contributed by atoms with E-state index in [0.29, 0.717) is 15.8 Å². The Labute approximate surface area is 120 Å². The maximum Gasteiger partial charge on any atom is -1.00 e. The number of methoxy groups -OCH3 is 1. The zero-order valence-corrected chi connectivity index (χ0v) is 13.0. The van der Waals surface area contributed by atoms with E-state index in [1.165, 1.54) is 0 Å². The second-order valence-electron chi connectivity index (χ2n) is 2.93. The van der Waals surface area contributed by atoms with Crippen LogP contribution in [-0.2, 0) is 3.10 Å². The van der Waals surface area contributed by atoms with Crippen molar-refractivity contribution in [3.63, 3.8) is 0 Å². The molecule has 0 saturated carbocycles. The topological polar surface area (TPSA) is 32.4 Å². The molecule has 1 aliphatic heterocycles. The van der Waals surface area contributed by atoms with E-state index in [9.17, 15) is 0 Å².